The molecule has 100 valence electrons. The molecule has 1 aliphatic heterocycles. The quantitative estimate of drug-likeness (QED) is 0.886. The molecule has 1 aromatic rings. The van der Waals surface area contributed by atoms with Crippen LogP contribution < -0.4 is 10.2 Å². The first-order valence-corrected chi connectivity index (χ1v) is 6.70. The zero-order valence-electron chi connectivity index (χ0n) is 11.6. The van der Waals surface area contributed by atoms with Crippen LogP contribution in [0.15, 0.2) is 18.2 Å². The van der Waals surface area contributed by atoms with E-state index in [9.17, 15) is 4.39 Å². The third-order valence-corrected chi connectivity index (χ3v) is 3.87. The van der Waals surface area contributed by atoms with Crippen LogP contribution in [0.2, 0.25) is 0 Å². The predicted molar refractivity (Wildman–Crippen MR) is 74.4 cm³/mol. The lowest BCUT2D eigenvalue weighted by molar-refractivity contribution is 0.279. The summed E-state index contributed by atoms with van der Waals surface area (Å²) in [6, 6.07) is 5.13. The van der Waals surface area contributed by atoms with E-state index in [1.165, 1.54) is 18.5 Å². The molecule has 3 heteroatoms. The van der Waals surface area contributed by atoms with Crippen LogP contribution in [0.3, 0.4) is 0 Å². The van der Waals surface area contributed by atoms with E-state index in [1.54, 1.807) is 12.1 Å². The molecule has 18 heavy (non-hydrogen) atoms. The summed E-state index contributed by atoms with van der Waals surface area (Å²) < 4.78 is 13.3. The number of anilines is 1. The maximum Gasteiger partial charge on any atom is 0.123 e. The lowest BCUT2D eigenvalue weighted by atomic mass is 9.82. The molecule has 0 bridgehead atoms. The summed E-state index contributed by atoms with van der Waals surface area (Å²) in [4.78, 5) is 2.39. The zero-order valence-corrected chi connectivity index (χ0v) is 11.6. The van der Waals surface area contributed by atoms with Crippen molar-refractivity contribution in [3.8, 4) is 0 Å². The number of halogens is 1. The minimum absolute atomic E-state index is 0.152. The van der Waals surface area contributed by atoms with Gasteiger partial charge in [0.2, 0.25) is 0 Å². The summed E-state index contributed by atoms with van der Waals surface area (Å²) in [7, 11) is 1.90. The first kappa shape index (κ1) is 13.3. The molecule has 0 aliphatic carbocycles. The van der Waals surface area contributed by atoms with E-state index < -0.39 is 0 Å². The number of piperidine rings is 1. The Morgan fingerprint density at radius 1 is 1.28 bits per heavy atom. The molecule has 0 radical (unpaired) electrons. The standard InChI is InChI=1S/C15H23FN2/c1-15(2)6-8-18(9-7-15)14-5-4-13(16)10-12(14)11-17-3/h4-5,10,17H,6-9,11H2,1-3H3. The Balaban J connectivity index is 2.18. The molecule has 1 fully saturated rings. The van der Waals surface area contributed by atoms with E-state index in [-0.39, 0.29) is 5.82 Å². The molecule has 0 amide bonds. The highest BCUT2D eigenvalue weighted by Crippen LogP contribution is 2.33. The zero-order chi connectivity index (χ0) is 13.2. The largest absolute Gasteiger partial charge is 0.371 e. The van der Waals surface area contributed by atoms with Crippen molar-refractivity contribution in [3.63, 3.8) is 0 Å². The lowest BCUT2D eigenvalue weighted by Crippen LogP contribution is -2.38. The van der Waals surface area contributed by atoms with E-state index in [4.69, 9.17) is 0 Å². The van der Waals surface area contributed by atoms with Gasteiger partial charge in [0.1, 0.15) is 5.82 Å². The van der Waals surface area contributed by atoms with Crippen LogP contribution >= 0.6 is 0 Å². The minimum Gasteiger partial charge on any atom is -0.371 e. The monoisotopic (exact) mass is 250 g/mol. The topological polar surface area (TPSA) is 15.3 Å². The van der Waals surface area contributed by atoms with Gasteiger partial charge in [-0.15, -0.1) is 0 Å². The van der Waals surface area contributed by atoms with E-state index in [1.807, 2.05) is 13.1 Å². The number of nitrogens with one attached hydrogen (secondary N) is 1. The molecule has 2 rings (SSSR count). The highest BCUT2D eigenvalue weighted by molar-refractivity contribution is 5.54. The summed E-state index contributed by atoms with van der Waals surface area (Å²) in [5, 5.41) is 3.11. The van der Waals surface area contributed by atoms with Gasteiger partial charge in [-0.3, -0.25) is 0 Å². The van der Waals surface area contributed by atoms with E-state index in [0.29, 0.717) is 12.0 Å². The third-order valence-electron chi connectivity index (χ3n) is 3.87. The van der Waals surface area contributed by atoms with Gasteiger partial charge in [-0.25, -0.2) is 4.39 Å². The Morgan fingerprint density at radius 2 is 1.94 bits per heavy atom. The summed E-state index contributed by atoms with van der Waals surface area (Å²) in [5.74, 6) is -0.152. The Hall–Kier alpha value is -1.09. The third kappa shape index (κ3) is 3.02. The van der Waals surface area contributed by atoms with Gasteiger partial charge in [0.25, 0.3) is 0 Å². The van der Waals surface area contributed by atoms with Crippen molar-refractivity contribution < 1.29 is 4.39 Å². The molecule has 0 spiro atoms. The summed E-state index contributed by atoms with van der Waals surface area (Å²) in [5.41, 5.74) is 2.68. The fraction of sp³-hybridized carbons (Fsp3) is 0.600. The van der Waals surface area contributed by atoms with Crippen molar-refractivity contribution in [2.45, 2.75) is 33.2 Å². The highest BCUT2D eigenvalue weighted by atomic mass is 19.1. The van der Waals surface area contributed by atoms with E-state index in [0.717, 1.165) is 18.7 Å². The molecule has 2 nitrogen and oxygen atoms in total. The van der Waals surface area contributed by atoms with Gasteiger partial charge in [-0.1, -0.05) is 13.8 Å². The molecular formula is C15H23FN2. The second-order valence-corrected chi connectivity index (χ2v) is 5.95. The summed E-state index contributed by atoms with van der Waals surface area (Å²) in [6.45, 7) is 7.49. The Kier molecular flexibility index (Phi) is 3.91. The average Bonchev–Trinajstić information content (AvgIpc) is 2.31. The van der Waals surface area contributed by atoms with Gasteiger partial charge >= 0.3 is 0 Å². The molecule has 0 saturated carbocycles. The number of nitrogens with zero attached hydrogens (tertiary/aromatic N) is 1. The van der Waals surface area contributed by atoms with Crippen LogP contribution in [0.5, 0.6) is 0 Å². The Bertz CT molecular complexity index is 405. The smallest absolute Gasteiger partial charge is 0.123 e. The van der Waals surface area contributed by atoms with Gasteiger partial charge in [0, 0.05) is 25.3 Å². The van der Waals surface area contributed by atoms with Crippen LogP contribution in [0.25, 0.3) is 0 Å². The fourth-order valence-electron chi connectivity index (χ4n) is 2.55. The maximum absolute atomic E-state index is 13.3. The molecule has 1 aromatic carbocycles. The van der Waals surface area contributed by atoms with Gasteiger partial charge in [0.15, 0.2) is 0 Å². The molecule has 1 N–H and O–H groups in total. The van der Waals surface area contributed by atoms with Crippen molar-refractivity contribution in [2.24, 2.45) is 5.41 Å². The van der Waals surface area contributed by atoms with Gasteiger partial charge in [-0.2, -0.15) is 0 Å². The lowest BCUT2D eigenvalue weighted by Gasteiger charge is -2.39. The van der Waals surface area contributed by atoms with Crippen LogP contribution in [0, 0.1) is 11.2 Å². The van der Waals surface area contributed by atoms with Crippen molar-refractivity contribution in [1.82, 2.24) is 5.32 Å². The maximum atomic E-state index is 13.3. The number of rotatable bonds is 3. The van der Waals surface area contributed by atoms with Crippen molar-refractivity contribution in [1.29, 1.82) is 0 Å². The highest BCUT2D eigenvalue weighted by Gasteiger charge is 2.26. The minimum atomic E-state index is -0.152. The molecule has 1 saturated heterocycles. The molecule has 1 aliphatic rings. The van der Waals surface area contributed by atoms with Crippen LogP contribution in [0.4, 0.5) is 10.1 Å². The van der Waals surface area contributed by atoms with Crippen LogP contribution in [-0.4, -0.2) is 20.1 Å². The van der Waals surface area contributed by atoms with E-state index in [2.05, 4.69) is 24.1 Å². The number of hydrogen-bond acceptors (Lipinski definition) is 2. The first-order valence-electron chi connectivity index (χ1n) is 6.70. The SMILES string of the molecule is CNCc1cc(F)ccc1N1CCC(C)(C)CC1. The van der Waals surface area contributed by atoms with Gasteiger partial charge < -0.3 is 10.2 Å². The van der Waals surface area contributed by atoms with Crippen LogP contribution in [0.1, 0.15) is 32.3 Å². The first-order chi connectivity index (χ1) is 8.52. The molecule has 0 atom stereocenters. The average molecular weight is 250 g/mol. The summed E-state index contributed by atoms with van der Waals surface area (Å²) in [6.07, 6.45) is 2.40. The number of benzene rings is 1. The Morgan fingerprint density at radius 3 is 2.56 bits per heavy atom. The van der Waals surface area contributed by atoms with Crippen LogP contribution in [-0.2, 0) is 6.54 Å². The summed E-state index contributed by atoms with van der Waals surface area (Å²) >= 11 is 0. The normalized spacial score (nSPS) is 19.0. The van der Waals surface area contributed by atoms with Gasteiger partial charge in [-0.05, 0) is 49.1 Å². The molecule has 1 heterocycles. The number of hydrogen-bond donors (Lipinski definition) is 1. The van der Waals surface area contributed by atoms with Crippen molar-refractivity contribution in [3.05, 3.63) is 29.6 Å². The van der Waals surface area contributed by atoms with Crippen molar-refractivity contribution >= 4 is 5.69 Å². The van der Waals surface area contributed by atoms with Gasteiger partial charge in [0.05, 0.1) is 0 Å². The second-order valence-electron chi connectivity index (χ2n) is 5.95. The predicted octanol–water partition coefficient (Wildman–Crippen LogP) is 3.17. The Labute approximate surface area is 109 Å². The fourth-order valence-corrected chi connectivity index (χ4v) is 2.55. The molecule has 0 unspecified atom stereocenters. The van der Waals surface area contributed by atoms with Crippen molar-refractivity contribution in [2.75, 3.05) is 25.0 Å². The second kappa shape index (κ2) is 5.27. The molecular weight excluding hydrogens is 227 g/mol. The van der Waals surface area contributed by atoms with E-state index >= 15 is 0 Å². The molecule has 0 aromatic heterocycles.